The summed E-state index contributed by atoms with van der Waals surface area (Å²) >= 11 is 0. The number of nitrogens with zero attached hydrogens (tertiary/aromatic N) is 4. The Hall–Kier alpha value is -3.16. The molecule has 8 heteroatoms. The van der Waals surface area contributed by atoms with E-state index in [2.05, 4.69) is 15.1 Å². The van der Waals surface area contributed by atoms with E-state index in [0.29, 0.717) is 18.8 Å². The maximum absolute atomic E-state index is 12.0. The van der Waals surface area contributed by atoms with Crippen molar-refractivity contribution in [2.75, 3.05) is 18.9 Å². The molecular formula is C19H23N5O3. The predicted octanol–water partition coefficient (Wildman–Crippen LogP) is 2.19. The van der Waals surface area contributed by atoms with Crippen molar-refractivity contribution in [1.29, 1.82) is 0 Å². The van der Waals surface area contributed by atoms with Gasteiger partial charge in [0.2, 0.25) is 5.95 Å². The van der Waals surface area contributed by atoms with Gasteiger partial charge in [-0.2, -0.15) is 9.50 Å². The van der Waals surface area contributed by atoms with Crippen LogP contribution in [0.2, 0.25) is 0 Å². The van der Waals surface area contributed by atoms with E-state index in [9.17, 15) is 4.79 Å². The van der Waals surface area contributed by atoms with Crippen molar-refractivity contribution in [3.8, 4) is 5.75 Å². The molecule has 0 aliphatic heterocycles. The van der Waals surface area contributed by atoms with Crippen LogP contribution in [0.25, 0.3) is 5.78 Å². The van der Waals surface area contributed by atoms with E-state index in [1.807, 2.05) is 45.0 Å². The Morgan fingerprint density at radius 1 is 1.19 bits per heavy atom. The molecule has 0 aliphatic carbocycles. The van der Waals surface area contributed by atoms with Crippen LogP contribution >= 0.6 is 0 Å². The molecule has 0 unspecified atom stereocenters. The summed E-state index contributed by atoms with van der Waals surface area (Å²) in [5.74, 6) is 1.13. The van der Waals surface area contributed by atoms with E-state index in [-0.39, 0.29) is 24.9 Å². The van der Waals surface area contributed by atoms with Gasteiger partial charge in [0.25, 0.3) is 5.78 Å². The Kier molecular flexibility index (Phi) is 5.54. The normalized spacial score (nSPS) is 10.9. The zero-order chi connectivity index (χ0) is 19.4. The maximum Gasteiger partial charge on any atom is 0.306 e. The lowest BCUT2D eigenvalue weighted by molar-refractivity contribution is -0.144. The minimum Gasteiger partial charge on any atom is -0.490 e. The molecule has 0 fully saturated rings. The van der Waals surface area contributed by atoms with Gasteiger partial charge in [0, 0.05) is 17.8 Å². The van der Waals surface area contributed by atoms with Crippen molar-refractivity contribution >= 4 is 17.7 Å². The van der Waals surface area contributed by atoms with E-state index in [1.165, 1.54) is 0 Å². The number of ether oxygens (including phenoxy) is 2. The minimum absolute atomic E-state index is 0.176. The van der Waals surface area contributed by atoms with Gasteiger partial charge in [0.1, 0.15) is 19.0 Å². The number of nitrogen functional groups attached to an aromatic ring is 1. The van der Waals surface area contributed by atoms with E-state index >= 15 is 0 Å². The van der Waals surface area contributed by atoms with Crippen molar-refractivity contribution in [3.63, 3.8) is 0 Å². The van der Waals surface area contributed by atoms with Crippen molar-refractivity contribution in [2.24, 2.45) is 0 Å². The highest BCUT2D eigenvalue weighted by Crippen LogP contribution is 2.16. The molecule has 2 aromatic heterocycles. The van der Waals surface area contributed by atoms with Gasteiger partial charge in [0.15, 0.2) is 0 Å². The summed E-state index contributed by atoms with van der Waals surface area (Å²) in [5, 5.41) is 4.13. The quantitative estimate of drug-likeness (QED) is 0.503. The summed E-state index contributed by atoms with van der Waals surface area (Å²) in [5.41, 5.74) is 9.38. The lowest BCUT2D eigenvalue weighted by Crippen LogP contribution is -2.14. The van der Waals surface area contributed by atoms with Gasteiger partial charge in [-0.3, -0.25) is 4.79 Å². The number of nitrogens with two attached hydrogens (primary N) is 1. The molecule has 0 saturated carbocycles. The van der Waals surface area contributed by atoms with E-state index in [4.69, 9.17) is 15.2 Å². The van der Waals surface area contributed by atoms with Crippen LogP contribution in [0.15, 0.2) is 24.3 Å². The molecule has 27 heavy (non-hydrogen) atoms. The molecule has 0 radical (unpaired) electrons. The summed E-state index contributed by atoms with van der Waals surface area (Å²) in [7, 11) is 0. The molecule has 3 aromatic rings. The first-order valence-corrected chi connectivity index (χ1v) is 8.77. The number of anilines is 1. The van der Waals surface area contributed by atoms with E-state index in [1.54, 1.807) is 4.52 Å². The largest absolute Gasteiger partial charge is 0.490 e. The summed E-state index contributed by atoms with van der Waals surface area (Å²) in [6, 6.07) is 7.74. The third-order valence-electron chi connectivity index (χ3n) is 4.25. The number of esters is 1. The summed E-state index contributed by atoms with van der Waals surface area (Å²) in [4.78, 5) is 20.5. The van der Waals surface area contributed by atoms with E-state index < -0.39 is 0 Å². The zero-order valence-corrected chi connectivity index (χ0v) is 15.7. The highest BCUT2D eigenvalue weighted by Gasteiger charge is 2.14. The molecule has 1 aromatic carbocycles. The van der Waals surface area contributed by atoms with Gasteiger partial charge < -0.3 is 15.2 Å². The average molecular weight is 369 g/mol. The zero-order valence-electron chi connectivity index (χ0n) is 15.7. The number of benzene rings is 1. The monoisotopic (exact) mass is 369 g/mol. The van der Waals surface area contributed by atoms with E-state index in [0.717, 1.165) is 28.3 Å². The first kappa shape index (κ1) is 18.6. The second kappa shape index (κ2) is 8.03. The molecule has 142 valence electrons. The van der Waals surface area contributed by atoms with Gasteiger partial charge >= 0.3 is 5.97 Å². The van der Waals surface area contributed by atoms with Crippen LogP contribution in [0, 0.1) is 20.8 Å². The van der Waals surface area contributed by atoms with Crippen LogP contribution in [0.3, 0.4) is 0 Å². The second-order valence-corrected chi connectivity index (χ2v) is 6.33. The van der Waals surface area contributed by atoms with Gasteiger partial charge in [-0.05, 0) is 50.5 Å². The molecule has 2 heterocycles. The third kappa shape index (κ3) is 4.52. The number of aromatic nitrogens is 4. The molecule has 3 rings (SSSR count). The number of rotatable bonds is 7. The van der Waals surface area contributed by atoms with Gasteiger partial charge in [-0.25, -0.2) is 4.98 Å². The first-order valence-electron chi connectivity index (χ1n) is 8.77. The smallest absolute Gasteiger partial charge is 0.306 e. The molecule has 0 aliphatic rings. The Morgan fingerprint density at radius 2 is 2.00 bits per heavy atom. The van der Waals surface area contributed by atoms with Crippen molar-refractivity contribution in [2.45, 2.75) is 33.6 Å². The SMILES string of the molecule is Cc1cccc(OCCOC(=O)CCc2c(C)nc3nc(N)nn3c2C)c1. The highest BCUT2D eigenvalue weighted by molar-refractivity contribution is 5.69. The van der Waals surface area contributed by atoms with Gasteiger partial charge in [-0.1, -0.05) is 12.1 Å². The van der Waals surface area contributed by atoms with Gasteiger partial charge in [0.05, 0.1) is 0 Å². The minimum atomic E-state index is -0.278. The molecule has 8 nitrogen and oxygen atoms in total. The summed E-state index contributed by atoms with van der Waals surface area (Å²) in [6.45, 7) is 6.32. The number of hydrogen-bond acceptors (Lipinski definition) is 7. The van der Waals surface area contributed by atoms with Crippen molar-refractivity contribution in [3.05, 3.63) is 46.8 Å². The Bertz CT molecular complexity index is 967. The van der Waals surface area contributed by atoms with Crippen LogP contribution in [0.1, 0.15) is 28.9 Å². The van der Waals surface area contributed by atoms with Crippen LogP contribution in [-0.4, -0.2) is 38.8 Å². The third-order valence-corrected chi connectivity index (χ3v) is 4.25. The number of carbonyl (C=O) groups excluding carboxylic acids is 1. The fourth-order valence-electron chi connectivity index (χ4n) is 2.91. The maximum atomic E-state index is 12.0. The molecule has 2 N–H and O–H groups in total. The Labute approximate surface area is 157 Å². The fraction of sp³-hybridized carbons (Fsp3) is 0.368. The molecule has 0 saturated heterocycles. The number of carbonyl (C=O) groups is 1. The number of aryl methyl sites for hydroxylation is 3. The lowest BCUT2D eigenvalue weighted by Gasteiger charge is -2.11. The van der Waals surface area contributed by atoms with Crippen LogP contribution in [0.5, 0.6) is 5.75 Å². The molecule has 0 atom stereocenters. The molecule has 0 spiro atoms. The first-order chi connectivity index (χ1) is 12.9. The van der Waals surface area contributed by atoms with Gasteiger partial charge in [-0.15, -0.1) is 5.10 Å². The van der Waals surface area contributed by atoms with Crippen molar-refractivity contribution in [1.82, 2.24) is 19.6 Å². The molecular weight excluding hydrogens is 346 g/mol. The van der Waals surface area contributed by atoms with Crippen molar-refractivity contribution < 1.29 is 14.3 Å². The topological polar surface area (TPSA) is 105 Å². The lowest BCUT2D eigenvalue weighted by atomic mass is 10.1. The Morgan fingerprint density at radius 3 is 2.78 bits per heavy atom. The standard InChI is InChI=1S/C19H23N5O3/c1-12-5-4-6-15(11-12)26-9-10-27-17(25)8-7-16-13(2)21-19-22-18(20)23-24(19)14(16)3/h4-6,11H,7-10H2,1-3H3,(H2,20,23). The fourth-order valence-corrected chi connectivity index (χ4v) is 2.91. The summed E-state index contributed by atoms with van der Waals surface area (Å²) in [6.07, 6.45) is 0.765. The number of fused-ring (bicyclic) bond motifs is 1. The second-order valence-electron chi connectivity index (χ2n) is 6.33. The number of hydrogen-bond donors (Lipinski definition) is 1. The highest BCUT2D eigenvalue weighted by atomic mass is 16.6. The average Bonchev–Trinajstić information content (AvgIpc) is 2.99. The molecule has 0 amide bonds. The van der Waals surface area contributed by atoms with Crippen LogP contribution in [-0.2, 0) is 16.0 Å². The van der Waals surface area contributed by atoms with Crippen LogP contribution in [0.4, 0.5) is 5.95 Å². The Balaban J connectivity index is 1.50. The van der Waals surface area contributed by atoms with Crippen LogP contribution < -0.4 is 10.5 Å². The summed E-state index contributed by atoms with van der Waals surface area (Å²) < 4.78 is 12.4. The predicted molar refractivity (Wildman–Crippen MR) is 101 cm³/mol. The molecule has 0 bridgehead atoms.